The first-order valence-electron chi connectivity index (χ1n) is 6.89. The molecule has 0 spiro atoms. The van der Waals surface area contributed by atoms with Gasteiger partial charge in [0.1, 0.15) is 0 Å². The lowest BCUT2D eigenvalue weighted by atomic mass is 10.1. The smallest absolute Gasteiger partial charge is 0.387 e. The van der Waals surface area contributed by atoms with E-state index in [4.69, 9.17) is 1.37 Å². The van der Waals surface area contributed by atoms with Gasteiger partial charge in [-0.2, -0.15) is 13.9 Å². The number of nitrogens with one attached hydrogen (secondary N) is 1. The topological polar surface area (TPSA) is 82.2 Å². The van der Waals surface area contributed by atoms with Crippen LogP contribution in [0.25, 0.3) is 5.69 Å². The van der Waals surface area contributed by atoms with Crippen LogP contribution in [-0.2, 0) is 13.1 Å². The van der Waals surface area contributed by atoms with Crippen LogP contribution in [0.5, 0.6) is 5.75 Å². The Labute approximate surface area is 125 Å². The van der Waals surface area contributed by atoms with Crippen molar-refractivity contribution in [2.45, 2.75) is 26.6 Å². The van der Waals surface area contributed by atoms with Gasteiger partial charge in [0.15, 0.2) is 1.37 Å². The molecule has 0 fully saturated rings. The SMILES string of the molecule is [2H]C(F)(F)Oc1cc(-n2ncc3c2CNC3)c(C)cc1[N+](=O)[O-]. The summed E-state index contributed by atoms with van der Waals surface area (Å²) < 4.78 is 37.9. The number of fused-ring (bicyclic) bond motifs is 1. The number of nitro benzene ring substituents is 1. The first-order valence-corrected chi connectivity index (χ1v) is 6.39. The fourth-order valence-electron chi connectivity index (χ4n) is 2.46. The van der Waals surface area contributed by atoms with Crippen LogP contribution in [0.2, 0.25) is 0 Å². The van der Waals surface area contributed by atoms with E-state index in [1.165, 1.54) is 4.68 Å². The van der Waals surface area contributed by atoms with E-state index in [2.05, 4.69) is 15.2 Å². The molecule has 7 nitrogen and oxygen atoms in total. The van der Waals surface area contributed by atoms with Crippen molar-refractivity contribution in [2.75, 3.05) is 0 Å². The lowest BCUT2D eigenvalue weighted by molar-refractivity contribution is -0.386. The lowest BCUT2D eigenvalue weighted by Gasteiger charge is -2.12. The maximum absolute atomic E-state index is 12.8. The number of nitro groups is 1. The Morgan fingerprint density at radius 1 is 1.55 bits per heavy atom. The molecular weight excluding hydrogens is 298 g/mol. The number of hydrogen-bond acceptors (Lipinski definition) is 5. The van der Waals surface area contributed by atoms with Gasteiger partial charge in [0.25, 0.3) is 0 Å². The fraction of sp³-hybridized carbons (Fsp3) is 0.308. The van der Waals surface area contributed by atoms with Crippen molar-refractivity contribution in [3.63, 3.8) is 0 Å². The quantitative estimate of drug-likeness (QED) is 0.692. The summed E-state index contributed by atoms with van der Waals surface area (Å²) in [5.41, 5.74) is 2.07. The summed E-state index contributed by atoms with van der Waals surface area (Å²) in [6.07, 6.45) is 1.65. The number of aromatic nitrogens is 2. The summed E-state index contributed by atoms with van der Waals surface area (Å²) in [6, 6.07) is 2.24. The van der Waals surface area contributed by atoms with Gasteiger partial charge in [0.05, 0.1) is 22.5 Å². The Bertz CT molecular complexity index is 788. The van der Waals surface area contributed by atoms with E-state index >= 15 is 0 Å². The number of benzene rings is 1. The number of ether oxygens (including phenoxy) is 1. The van der Waals surface area contributed by atoms with E-state index in [0.29, 0.717) is 24.3 Å². The Hall–Kier alpha value is -2.55. The van der Waals surface area contributed by atoms with E-state index in [1.807, 2.05) is 0 Å². The van der Waals surface area contributed by atoms with Crippen LogP contribution in [0.3, 0.4) is 0 Å². The van der Waals surface area contributed by atoms with Crippen molar-refractivity contribution in [3.8, 4) is 11.4 Å². The molecule has 2 aromatic rings. The molecular formula is C13H12F2N4O3. The summed E-state index contributed by atoms with van der Waals surface area (Å²) in [5, 5.41) is 18.4. The molecule has 0 saturated heterocycles. The Morgan fingerprint density at radius 3 is 3.00 bits per heavy atom. The molecule has 0 radical (unpaired) electrons. The highest BCUT2D eigenvalue weighted by atomic mass is 19.3. The van der Waals surface area contributed by atoms with Crippen molar-refractivity contribution in [1.29, 1.82) is 0 Å². The van der Waals surface area contributed by atoms with Crippen LogP contribution in [-0.4, -0.2) is 21.3 Å². The van der Waals surface area contributed by atoms with Crippen molar-refractivity contribution in [3.05, 3.63) is 45.3 Å². The second kappa shape index (κ2) is 5.34. The van der Waals surface area contributed by atoms with E-state index in [-0.39, 0.29) is 0 Å². The number of halogens is 2. The average Bonchev–Trinajstić information content (AvgIpc) is 3.01. The summed E-state index contributed by atoms with van der Waals surface area (Å²) in [7, 11) is 0. The van der Waals surface area contributed by atoms with Crippen LogP contribution in [0.1, 0.15) is 18.2 Å². The second-order valence-electron chi connectivity index (χ2n) is 4.82. The van der Waals surface area contributed by atoms with Crippen LogP contribution < -0.4 is 10.1 Å². The molecule has 1 N–H and O–H groups in total. The lowest BCUT2D eigenvalue weighted by Crippen LogP contribution is -2.10. The average molecular weight is 311 g/mol. The van der Waals surface area contributed by atoms with Gasteiger partial charge in [-0.3, -0.25) is 10.1 Å². The van der Waals surface area contributed by atoms with Crippen LogP contribution >= 0.6 is 0 Å². The molecule has 3 rings (SSSR count). The van der Waals surface area contributed by atoms with E-state index < -0.39 is 22.9 Å². The highest BCUT2D eigenvalue weighted by molar-refractivity contribution is 5.58. The van der Waals surface area contributed by atoms with Crippen LogP contribution in [0, 0.1) is 17.0 Å². The van der Waals surface area contributed by atoms with Crippen molar-refractivity contribution in [2.24, 2.45) is 0 Å². The third-order valence-electron chi connectivity index (χ3n) is 3.45. The zero-order valence-electron chi connectivity index (χ0n) is 12.5. The molecule has 0 amide bonds. The first-order chi connectivity index (χ1) is 10.8. The standard InChI is InChI=1S/C13H12F2N4O3/c1-7-2-10(19(20)21)12(22-13(14)15)3-9(7)18-11-6-16-4-8(11)5-17-18/h2-3,5,13,16H,4,6H2,1H3/i13D. The van der Waals surface area contributed by atoms with Crippen LogP contribution in [0.15, 0.2) is 18.3 Å². The molecule has 1 aliphatic heterocycles. The van der Waals surface area contributed by atoms with Gasteiger partial charge in [-0.1, -0.05) is 0 Å². The molecule has 22 heavy (non-hydrogen) atoms. The normalized spacial score (nSPS) is 14.6. The van der Waals surface area contributed by atoms with Gasteiger partial charge < -0.3 is 10.1 Å². The van der Waals surface area contributed by atoms with Gasteiger partial charge in [-0.05, 0) is 12.5 Å². The summed E-state index contributed by atoms with van der Waals surface area (Å²) in [6.45, 7) is -1.46. The van der Waals surface area contributed by atoms with Crippen LogP contribution in [0.4, 0.5) is 14.5 Å². The number of aryl methyl sites for hydroxylation is 1. The van der Waals surface area contributed by atoms with Crippen molar-refractivity contribution in [1.82, 2.24) is 15.1 Å². The Kier molecular flexibility index (Phi) is 3.19. The highest BCUT2D eigenvalue weighted by Crippen LogP contribution is 2.34. The minimum absolute atomic E-state index is 0.389. The third-order valence-corrected chi connectivity index (χ3v) is 3.45. The molecule has 1 aromatic carbocycles. The molecule has 0 saturated carbocycles. The zero-order valence-corrected chi connectivity index (χ0v) is 11.5. The summed E-state index contributed by atoms with van der Waals surface area (Å²) in [5.74, 6) is -0.675. The molecule has 0 unspecified atom stereocenters. The number of hydrogen-bond donors (Lipinski definition) is 1. The van der Waals surface area contributed by atoms with Crippen molar-refractivity contribution < 1.29 is 19.8 Å². The minimum atomic E-state index is -4.27. The van der Waals surface area contributed by atoms with E-state index in [9.17, 15) is 18.9 Å². The largest absolute Gasteiger partial charge is 0.427 e. The predicted octanol–water partition coefficient (Wildman–Crippen LogP) is 2.29. The Morgan fingerprint density at radius 2 is 2.32 bits per heavy atom. The van der Waals surface area contributed by atoms with Gasteiger partial charge in [0.2, 0.25) is 5.75 Å². The molecule has 2 heterocycles. The van der Waals surface area contributed by atoms with Gasteiger partial charge in [0, 0.05) is 30.8 Å². The number of nitrogens with zero attached hydrogens (tertiary/aromatic N) is 3. The molecule has 0 aliphatic carbocycles. The predicted molar refractivity (Wildman–Crippen MR) is 72.1 cm³/mol. The number of rotatable bonds is 4. The number of alkyl halides is 2. The van der Waals surface area contributed by atoms with Gasteiger partial charge >= 0.3 is 12.3 Å². The first kappa shape index (κ1) is 13.1. The van der Waals surface area contributed by atoms with Gasteiger partial charge in [-0.25, -0.2) is 4.68 Å². The molecule has 1 aromatic heterocycles. The summed E-state index contributed by atoms with van der Waals surface area (Å²) in [4.78, 5) is 10.2. The molecule has 0 atom stereocenters. The van der Waals surface area contributed by atoms with E-state index in [0.717, 1.165) is 23.4 Å². The molecule has 0 bridgehead atoms. The third kappa shape index (κ3) is 2.39. The molecule has 116 valence electrons. The Balaban J connectivity index is 2.14. The fourth-order valence-corrected chi connectivity index (χ4v) is 2.46. The van der Waals surface area contributed by atoms with Gasteiger partial charge in [-0.15, -0.1) is 0 Å². The zero-order chi connectivity index (χ0) is 16.8. The monoisotopic (exact) mass is 311 g/mol. The molecule has 9 heteroatoms. The summed E-state index contributed by atoms with van der Waals surface area (Å²) >= 11 is 0. The molecule has 1 aliphatic rings. The van der Waals surface area contributed by atoms with E-state index in [1.54, 1.807) is 13.1 Å². The maximum Gasteiger partial charge on any atom is 0.387 e. The second-order valence-corrected chi connectivity index (χ2v) is 4.82. The maximum atomic E-state index is 12.8. The minimum Gasteiger partial charge on any atom is -0.427 e. The highest BCUT2D eigenvalue weighted by Gasteiger charge is 2.24. The van der Waals surface area contributed by atoms with Crippen molar-refractivity contribution >= 4 is 5.69 Å².